The minimum atomic E-state index is -2.83. The molecule has 4 nitrogen and oxygen atoms in total. The highest BCUT2D eigenvalue weighted by molar-refractivity contribution is 7.91. The minimum absolute atomic E-state index is 0.171. The number of likely N-dealkylation sites (tertiary alicyclic amines) is 1. The maximum absolute atomic E-state index is 11.4. The summed E-state index contributed by atoms with van der Waals surface area (Å²) in [6.45, 7) is 6.43. The van der Waals surface area contributed by atoms with Crippen molar-refractivity contribution in [3.05, 3.63) is 0 Å². The van der Waals surface area contributed by atoms with E-state index in [1.807, 2.05) is 0 Å². The molecule has 1 rings (SSSR count). The zero-order valence-electron chi connectivity index (χ0n) is 10.9. The lowest BCUT2D eigenvalue weighted by Gasteiger charge is -2.35. The van der Waals surface area contributed by atoms with Gasteiger partial charge in [0.1, 0.15) is 9.84 Å². The van der Waals surface area contributed by atoms with E-state index in [9.17, 15) is 13.5 Å². The molecular weight excluding hydrogens is 238 g/mol. The Morgan fingerprint density at radius 1 is 1.35 bits per heavy atom. The number of hydrogen-bond donors (Lipinski definition) is 1. The lowest BCUT2D eigenvalue weighted by molar-refractivity contribution is 0.0253. The number of rotatable bonds is 6. The van der Waals surface area contributed by atoms with E-state index in [1.165, 1.54) is 0 Å². The van der Waals surface area contributed by atoms with Gasteiger partial charge in [-0.3, -0.25) is 0 Å². The molecule has 102 valence electrons. The van der Waals surface area contributed by atoms with E-state index in [1.54, 1.807) is 6.92 Å². The molecule has 0 bridgehead atoms. The van der Waals surface area contributed by atoms with Crippen molar-refractivity contribution in [2.24, 2.45) is 5.92 Å². The van der Waals surface area contributed by atoms with E-state index in [4.69, 9.17) is 0 Å². The summed E-state index contributed by atoms with van der Waals surface area (Å²) in [4.78, 5) is 2.28. The van der Waals surface area contributed by atoms with Gasteiger partial charge < -0.3 is 10.0 Å². The van der Waals surface area contributed by atoms with Crippen LogP contribution in [0.5, 0.6) is 0 Å². The van der Waals surface area contributed by atoms with Gasteiger partial charge >= 0.3 is 0 Å². The Morgan fingerprint density at radius 3 is 2.65 bits per heavy atom. The van der Waals surface area contributed by atoms with Crippen molar-refractivity contribution in [1.82, 2.24) is 4.90 Å². The van der Waals surface area contributed by atoms with Crippen LogP contribution in [0.25, 0.3) is 0 Å². The smallest absolute Gasteiger partial charge is 0.150 e. The molecule has 17 heavy (non-hydrogen) atoms. The molecule has 1 fully saturated rings. The van der Waals surface area contributed by atoms with Crippen molar-refractivity contribution >= 4 is 9.84 Å². The number of hydrogen-bond acceptors (Lipinski definition) is 4. The summed E-state index contributed by atoms with van der Waals surface area (Å²) in [6, 6.07) is 0. The highest BCUT2D eigenvalue weighted by atomic mass is 32.2. The maximum Gasteiger partial charge on any atom is 0.150 e. The molecule has 0 aromatic rings. The summed E-state index contributed by atoms with van der Waals surface area (Å²) >= 11 is 0. The van der Waals surface area contributed by atoms with Gasteiger partial charge in [-0.1, -0.05) is 13.8 Å². The van der Waals surface area contributed by atoms with E-state index >= 15 is 0 Å². The zero-order valence-corrected chi connectivity index (χ0v) is 11.7. The number of sulfone groups is 1. The van der Waals surface area contributed by atoms with Gasteiger partial charge in [-0.15, -0.1) is 0 Å². The predicted octanol–water partition coefficient (Wildman–Crippen LogP) is 0.904. The van der Waals surface area contributed by atoms with Crippen molar-refractivity contribution in [1.29, 1.82) is 0 Å². The topological polar surface area (TPSA) is 57.6 Å². The lowest BCUT2D eigenvalue weighted by atomic mass is 9.92. The molecule has 2 atom stereocenters. The highest BCUT2D eigenvalue weighted by Gasteiger charge is 2.25. The first-order valence-corrected chi connectivity index (χ1v) is 8.41. The zero-order chi connectivity index (χ0) is 12.9. The molecule has 1 N–H and O–H groups in total. The second kappa shape index (κ2) is 6.71. The maximum atomic E-state index is 11.4. The monoisotopic (exact) mass is 263 g/mol. The third kappa shape index (κ3) is 4.94. The largest absolute Gasteiger partial charge is 0.393 e. The van der Waals surface area contributed by atoms with Gasteiger partial charge in [0.2, 0.25) is 0 Å². The van der Waals surface area contributed by atoms with E-state index in [0.29, 0.717) is 18.1 Å². The van der Waals surface area contributed by atoms with Crippen LogP contribution in [0.2, 0.25) is 0 Å². The van der Waals surface area contributed by atoms with Crippen molar-refractivity contribution in [2.45, 2.75) is 39.2 Å². The van der Waals surface area contributed by atoms with Crippen LogP contribution < -0.4 is 0 Å². The molecule has 0 aromatic carbocycles. The van der Waals surface area contributed by atoms with Gasteiger partial charge in [-0.25, -0.2) is 8.42 Å². The molecule has 5 heteroatoms. The van der Waals surface area contributed by atoms with Crippen molar-refractivity contribution < 1.29 is 13.5 Å². The van der Waals surface area contributed by atoms with Crippen LogP contribution in [0.15, 0.2) is 0 Å². The van der Waals surface area contributed by atoms with Crippen molar-refractivity contribution in [3.63, 3.8) is 0 Å². The summed E-state index contributed by atoms with van der Waals surface area (Å²) in [5.74, 6) is 0.884. The minimum Gasteiger partial charge on any atom is -0.393 e. The number of nitrogens with zero attached hydrogens (tertiary/aromatic N) is 1. The van der Waals surface area contributed by atoms with Crippen molar-refractivity contribution in [2.75, 3.05) is 31.1 Å². The predicted molar refractivity (Wildman–Crippen MR) is 69.8 cm³/mol. The average molecular weight is 263 g/mol. The number of aliphatic hydroxyl groups excluding tert-OH is 1. The Labute approximate surface area is 105 Å². The fourth-order valence-electron chi connectivity index (χ4n) is 2.35. The Balaban J connectivity index is 2.29. The summed E-state index contributed by atoms with van der Waals surface area (Å²) in [7, 11) is -2.83. The molecule has 0 spiro atoms. The second-order valence-corrected chi connectivity index (χ2v) is 7.39. The summed E-state index contributed by atoms with van der Waals surface area (Å²) in [5.41, 5.74) is 0. The number of aliphatic hydroxyl groups is 1. The van der Waals surface area contributed by atoms with Gasteiger partial charge in [0, 0.05) is 18.8 Å². The Kier molecular flexibility index (Phi) is 5.89. The molecule has 2 unspecified atom stereocenters. The van der Waals surface area contributed by atoms with E-state index in [0.717, 1.165) is 32.5 Å². The SMILES string of the molecule is CCC1CN(CCCS(=O)(=O)CC)CCC1O. The Morgan fingerprint density at radius 2 is 2.06 bits per heavy atom. The highest BCUT2D eigenvalue weighted by Crippen LogP contribution is 2.20. The van der Waals surface area contributed by atoms with E-state index in [2.05, 4.69) is 11.8 Å². The molecule has 0 radical (unpaired) electrons. The number of piperidine rings is 1. The molecule has 0 aliphatic carbocycles. The quantitative estimate of drug-likeness (QED) is 0.774. The average Bonchev–Trinajstić information content (AvgIpc) is 2.31. The standard InChI is InChI=1S/C12H25NO3S/c1-3-11-10-13(8-6-12(11)14)7-5-9-17(15,16)4-2/h11-12,14H,3-10H2,1-2H3. The van der Waals surface area contributed by atoms with Crippen LogP contribution >= 0.6 is 0 Å². The first-order chi connectivity index (χ1) is 7.98. The van der Waals surface area contributed by atoms with Gasteiger partial charge in [-0.2, -0.15) is 0 Å². The van der Waals surface area contributed by atoms with Crippen molar-refractivity contribution in [3.8, 4) is 0 Å². The first kappa shape index (κ1) is 14.9. The third-order valence-corrected chi connectivity index (χ3v) is 5.46. The molecule has 0 aromatic heterocycles. The molecule has 1 aliphatic heterocycles. The normalized spacial score (nSPS) is 27.2. The van der Waals surface area contributed by atoms with Crippen LogP contribution in [0.3, 0.4) is 0 Å². The summed E-state index contributed by atoms with van der Waals surface area (Å²) < 4.78 is 22.7. The van der Waals surface area contributed by atoms with Gasteiger partial charge in [-0.05, 0) is 31.7 Å². The Bertz CT molecular complexity index is 316. The molecule has 1 saturated heterocycles. The lowest BCUT2D eigenvalue weighted by Crippen LogP contribution is -2.43. The molecular formula is C12H25NO3S. The first-order valence-electron chi connectivity index (χ1n) is 6.59. The summed E-state index contributed by atoms with van der Waals surface area (Å²) in [5, 5.41) is 9.76. The molecule has 1 heterocycles. The fourth-order valence-corrected chi connectivity index (χ4v) is 3.21. The second-order valence-electron chi connectivity index (χ2n) is 4.91. The molecule has 0 amide bonds. The van der Waals surface area contributed by atoms with Crippen LogP contribution in [0.4, 0.5) is 0 Å². The van der Waals surface area contributed by atoms with Crippen LogP contribution in [0, 0.1) is 5.92 Å². The van der Waals surface area contributed by atoms with Crippen LogP contribution in [-0.2, 0) is 9.84 Å². The van der Waals surface area contributed by atoms with Gasteiger partial charge in [0.15, 0.2) is 0 Å². The van der Waals surface area contributed by atoms with E-state index < -0.39 is 9.84 Å². The summed E-state index contributed by atoms with van der Waals surface area (Å²) in [6.07, 6.45) is 2.35. The van der Waals surface area contributed by atoms with Crippen LogP contribution in [0.1, 0.15) is 33.1 Å². The van der Waals surface area contributed by atoms with Crippen LogP contribution in [-0.4, -0.2) is 55.7 Å². The molecule has 1 aliphatic rings. The molecule has 0 saturated carbocycles. The van der Waals surface area contributed by atoms with Gasteiger partial charge in [0.05, 0.1) is 11.9 Å². The fraction of sp³-hybridized carbons (Fsp3) is 1.00. The Hall–Kier alpha value is -0.130. The van der Waals surface area contributed by atoms with E-state index in [-0.39, 0.29) is 11.9 Å². The third-order valence-electron chi connectivity index (χ3n) is 3.67. The van der Waals surface area contributed by atoms with Gasteiger partial charge in [0.25, 0.3) is 0 Å².